The topological polar surface area (TPSA) is 59.8 Å². The van der Waals surface area contributed by atoms with Gasteiger partial charge in [0.25, 0.3) is 0 Å². The number of aromatic nitrogens is 3. The number of nitrogens with zero attached hydrogens (tertiary/aromatic N) is 3. The van der Waals surface area contributed by atoms with Crippen LogP contribution in [0.2, 0.25) is 0 Å². The molecule has 26 heavy (non-hydrogen) atoms. The molecule has 2 aromatic rings. The van der Waals surface area contributed by atoms with E-state index in [9.17, 15) is 13.6 Å². The van der Waals surface area contributed by atoms with E-state index in [1.807, 2.05) is 0 Å². The molecule has 2 aliphatic carbocycles. The number of halogens is 2. The molecule has 5 nitrogen and oxygen atoms in total. The summed E-state index contributed by atoms with van der Waals surface area (Å²) in [6.07, 6.45) is 4.75. The Labute approximate surface area is 154 Å². The van der Waals surface area contributed by atoms with Crippen LogP contribution in [0.15, 0.2) is 23.4 Å². The van der Waals surface area contributed by atoms with Crippen molar-refractivity contribution in [1.82, 2.24) is 20.1 Å². The first-order valence-corrected chi connectivity index (χ1v) is 9.89. The van der Waals surface area contributed by atoms with Gasteiger partial charge in [0.15, 0.2) is 5.16 Å². The Morgan fingerprint density at radius 1 is 1.19 bits per heavy atom. The summed E-state index contributed by atoms with van der Waals surface area (Å²) >= 11 is 1.37. The number of carbonyl (C=O) groups is 1. The lowest BCUT2D eigenvalue weighted by molar-refractivity contribution is -0.118. The van der Waals surface area contributed by atoms with E-state index < -0.39 is 11.6 Å². The zero-order valence-electron chi connectivity index (χ0n) is 14.3. The molecule has 4 rings (SSSR count). The van der Waals surface area contributed by atoms with Gasteiger partial charge < -0.3 is 9.88 Å². The molecule has 0 radical (unpaired) electrons. The van der Waals surface area contributed by atoms with Gasteiger partial charge in [-0.3, -0.25) is 4.79 Å². The minimum Gasteiger partial charge on any atom is -0.355 e. The molecule has 2 aliphatic rings. The molecule has 0 unspecified atom stereocenters. The van der Waals surface area contributed by atoms with Crippen molar-refractivity contribution in [2.45, 2.75) is 49.2 Å². The van der Waals surface area contributed by atoms with E-state index in [1.165, 1.54) is 42.8 Å². The lowest BCUT2D eigenvalue weighted by Crippen LogP contribution is -2.27. The maximum Gasteiger partial charge on any atom is 0.230 e. The van der Waals surface area contributed by atoms with Crippen LogP contribution in [0, 0.1) is 11.6 Å². The number of thioether (sulfide) groups is 1. The second kappa shape index (κ2) is 7.34. The number of rotatable bonds is 8. The smallest absolute Gasteiger partial charge is 0.230 e. The number of hydrogen-bond acceptors (Lipinski definition) is 4. The van der Waals surface area contributed by atoms with E-state index in [4.69, 9.17) is 0 Å². The fourth-order valence-electron chi connectivity index (χ4n) is 2.96. The number of carbonyl (C=O) groups excluding carboxylic acids is 1. The summed E-state index contributed by atoms with van der Waals surface area (Å²) in [5.74, 6) is 0.463. The molecule has 0 bridgehead atoms. The lowest BCUT2D eigenvalue weighted by Gasteiger charge is -2.09. The van der Waals surface area contributed by atoms with E-state index in [1.54, 1.807) is 0 Å². The number of nitrogens with one attached hydrogen (secondary N) is 1. The van der Waals surface area contributed by atoms with Crippen molar-refractivity contribution in [3.63, 3.8) is 0 Å². The van der Waals surface area contributed by atoms with E-state index in [2.05, 4.69) is 20.1 Å². The molecular weight excluding hydrogens is 358 g/mol. The van der Waals surface area contributed by atoms with E-state index in [-0.39, 0.29) is 30.2 Å². The van der Waals surface area contributed by atoms with Gasteiger partial charge in [0.1, 0.15) is 17.5 Å². The summed E-state index contributed by atoms with van der Waals surface area (Å²) in [5, 5.41) is 12.1. The van der Waals surface area contributed by atoms with Gasteiger partial charge in [0.05, 0.1) is 5.75 Å². The van der Waals surface area contributed by atoms with Gasteiger partial charge in [0.2, 0.25) is 5.91 Å². The Balaban J connectivity index is 1.28. The van der Waals surface area contributed by atoms with Gasteiger partial charge in [-0.15, -0.1) is 10.2 Å². The van der Waals surface area contributed by atoms with Crippen LogP contribution >= 0.6 is 11.8 Å². The van der Waals surface area contributed by atoms with Crippen LogP contribution in [0.5, 0.6) is 0 Å². The summed E-state index contributed by atoms with van der Waals surface area (Å²) in [6.45, 7) is 0.194. The maximum atomic E-state index is 13.6. The Hall–Kier alpha value is -1.96. The number of amides is 1. The Morgan fingerprint density at radius 3 is 2.58 bits per heavy atom. The second-order valence-electron chi connectivity index (χ2n) is 6.81. The molecule has 0 saturated heterocycles. The van der Waals surface area contributed by atoms with Crippen LogP contribution in [0.25, 0.3) is 0 Å². The number of benzene rings is 1. The molecule has 1 amide bonds. The van der Waals surface area contributed by atoms with Crippen LogP contribution in [-0.2, 0) is 11.2 Å². The molecule has 0 atom stereocenters. The average molecular weight is 378 g/mol. The third kappa shape index (κ3) is 3.90. The minimum atomic E-state index is -0.584. The van der Waals surface area contributed by atoms with Gasteiger partial charge in [-0.2, -0.15) is 0 Å². The van der Waals surface area contributed by atoms with Gasteiger partial charge in [-0.1, -0.05) is 17.8 Å². The molecule has 0 aliphatic heterocycles. The molecular formula is C18H20F2N4OS. The molecule has 0 spiro atoms. The molecule has 2 saturated carbocycles. The monoisotopic (exact) mass is 378 g/mol. The van der Waals surface area contributed by atoms with Gasteiger partial charge in [-0.25, -0.2) is 8.78 Å². The van der Waals surface area contributed by atoms with Crippen LogP contribution < -0.4 is 5.32 Å². The van der Waals surface area contributed by atoms with Crippen LogP contribution in [0.1, 0.15) is 49.0 Å². The summed E-state index contributed by atoms with van der Waals surface area (Å²) in [7, 11) is 0. The van der Waals surface area contributed by atoms with Gasteiger partial charge in [0, 0.05) is 24.1 Å². The SMILES string of the molecule is O=C(CSc1nnc(C2CC2)n1C1CC1)NCCc1c(F)cccc1F. The Kier molecular flexibility index (Phi) is 4.93. The highest BCUT2D eigenvalue weighted by Crippen LogP contribution is 2.45. The van der Waals surface area contributed by atoms with Crippen molar-refractivity contribution >= 4 is 17.7 Å². The first-order valence-electron chi connectivity index (χ1n) is 8.90. The minimum absolute atomic E-state index is 0.00278. The van der Waals surface area contributed by atoms with Crippen molar-refractivity contribution < 1.29 is 13.6 Å². The summed E-state index contributed by atoms with van der Waals surface area (Å²) in [5.41, 5.74) is 0.00278. The fourth-order valence-corrected chi connectivity index (χ4v) is 3.80. The van der Waals surface area contributed by atoms with Crippen LogP contribution in [0.3, 0.4) is 0 Å². The molecule has 1 heterocycles. The van der Waals surface area contributed by atoms with Crippen molar-refractivity contribution in [3.05, 3.63) is 41.2 Å². The normalized spacial score (nSPS) is 16.7. The molecule has 138 valence electrons. The molecule has 2 fully saturated rings. The maximum absolute atomic E-state index is 13.6. The predicted molar refractivity (Wildman–Crippen MR) is 94.1 cm³/mol. The fraction of sp³-hybridized carbons (Fsp3) is 0.500. The zero-order chi connectivity index (χ0) is 18.1. The highest BCUT2D eigenvalue weighted by Gasteiger charge is 2.36. The summed E-state index contributed by atoms with van der Waals surface area (Å²) in [4.78, 5) is 12.0. The zero-order valence-corrected chi connectivity index (χ0v) is 15.1. The third-order valence-electron chi connectivity index (χ3n) is 4.64. The number of hydrogen-bond donors (Lipinski definition) is 1. The van der Waals surface area contributed by atoms with Crippen LogP contribution in [0.4, 0.5) is 8.78 Å². The van der Waals surface area contributed by atoms with Crippen molar-refractivity contribution in [1.29, 1.82) is 0 Å². The molecule has 1 aromatic heterocycles. The molecule has 1 aromatic carbocycles. The van der Waals surface area contributed by atoms with Gasteiger partial charge >= 0.3 is 0 Å². The van der Waals surface area contributed by atoms with Crippen molar-refractivity contribution in [2.75, 3.05) is 12.3 Å². The van der Waals surface area contributed by atoms with Crippen molar-refractivity contribution in [2.24, 2.45) is 0 Å². The quantitative estimate of drug-likeness (QED) is 0.717. The lowest BCUT2D eigenvalue weighted by atomic mass is 10.1. The van der Waals surface area contributed by atoms with E-state index >= 15 is 0 Å². The van der Waals surface area contributed by atoms with Crippen molar-refractivity contribution in [3.8, 4) is 0 Å². The largest absolute Gasteiger partial charge is 0.355 e. The Bertz CT molecular complexity index is 797. The highest BCUT2D eigenvalue weighted by atomic mass is 32.2. The highest BCUT2D eigenvalue weighted by molar-refractivity contribution is 7.99. The summed E-state index contributed by atoms with van der Waals surface area (Å²) in [6, 6.07) is 4.25. The van der Waals surface area contributed by atoms with E-state index in [0.29, 0.717) is 12.0 Å². The molecule has 8 heteroatoms. The average Bonchev–Trinajstić information content (AvgIpc) is 3.54. The predicted octanol–water partition coefficient (Wildman–Crippen LogP) is 3.22. The molecule has 1 N–H and O–H groups in total. The van der Waals surface area contributed by atoms with Gasteiger partial charge in [-0.05, 0) is 44.2 Å². The third-order valence-corrected chi connectivity index (χ3v) is 5.58. The first-order chi connectivity index (χ1) is 12.6. The van der Waals surface area contributed by atoms with E-state index in [0.717, 1.165) is 23.8 Å². The standard InChI is InChI=1S/C18H20F2N4OS/c19-14-2-1-3-15(20)13(14)8-9-21-16(25)10-26-18-23-22-17(11-4-5-11)24(18)12-6-7-12/h1-3,11-12H,4-10H2,(H,21,25). The Morgan fingerprint density at radius 2 is 1.92 bits per heavy atom. The first kappa shape index (κ1) is 17.5. The second-order valence-corrected chi connectivity index (χ2v) is 7.75. The summed E-state index contributed by atoms with van der Waals surface area (Å²) < 4.78 is 29.3. The van der Waals surface area contributed by atoms with Crippen LogP contribution in [-0.4, -0.2) is 33.0 Å².